The van der Waals surface area contributed by atoms with Crippen LogP contribution in [0.1, 0.15) is 15.9 Å². The number of nitrogen functional groups attached to an aromatic ring is 1. The SMILES string of the molecule is Cc1cc(Cl)ccc1Nc1cc(C(=O)O)ccc1N. The highest BCUT2D eigenvalue weighted by Gasteiger charge is 2.08. The molecule has 0 aliphatic heterocycles. The molecule has 0 radical (unpaired) electrons. The minimum Gasteiger partial charge on any atom is -0.478 e. The van der Waals surface area contributed by atoms with Gasteiger partial charge in [-0.1, -0.05) is 11.6 Å². The zero-order valence-corrected chi connectivity index (χ0v) is 11.0. The Kier molecular flexibility index (Phi) is 3.62. The van der Waals surface area contributed by atoms with E-state index in [1.165, 1.54) is 12.1 Å². The van der Waals surface area contributed by atoms with Crippen LogP contribution in [-0.2, 0) is 0 Å². The molecule has 19 heavy (non-hydrogen) atoms. The largest absolute Gasteiger partial charge is 0.478 e. The van der Waals surface area contributed by atoms with E-state index in [0.717, 1.165) is 11.3 Å². The van der Waals surface area contributed by atoms with Gasteiger partial charge in [-0.15, -0.1) is 0 Å². The average molecular weight is 277 g/mol. The zero-order chi connectivity index (χ0) is 14.0. The van der Waals surface area contributed by atoms with Gasteiger partial charge in [0.05, 0.1) is 16.9 Å². The average Bonchev–Trinajstić information content (AvgIpc) is 2.34. The van der Waals surface area contributed by atoms with Crippen LogP contribution in [0, 0.1) is 6.92 Å². The molecule has 0 aliphatic rings. The van der Waals surface area contributed by atoms with Gasteiger partial charge in [-0.3, -0.25) is 0 Å². The van der Waals surface area contributed by atoms with Crippen molar-refractivity contribution in [2.45, 2.75) is 6.92 Å². The van der Waals surface area contributed by atoms with Gasteiger partial charge in [-0.25, -0.2) is 4.79 Å². The van der Waals surface area contributed by atoms with Gasteiger partial charge in [0.15, 0.2) is 0 Å². The molecule has 0 unspecified atom stereocenters. The summed E-state index contributed by atoms with van der Waals surface area (Å²) in [6, 6.07) is 9.94. The Hall–Kier alpha value is -2.20. The lowest BCUT2D eigenvalue weighted by molar-refractivity contribution is 0.0697. The normalized spacial score (nSPS) is 10.2. The fraction of sp³-hybridized carbons (Fsp3) is 0.0714. The summed E-state index contributed by atoms with van der Waals surface area (Å²) >= 11 is 5.89. The van der Waals surface area contributed by atoms with Crippen molar-refractivity contribution in [2.75, 3.05) is 11.1 Å². The number of carbonyl (C=O) groups is 1. The Bertz CT molecular complexity index is 641. The van der Waals surface area contributed by atoms with E-state index in [1.807, 2.05) is 19.1 Å². The Morgan fingerprint density at radius 1 is 1.21 bits per heavy atom. The molecule has 0 saturated carbocycles. The number of hydrogen-bond acceptors (Lipinski definition) is 3. The van der Waals surface area contributed by atoms with Crippen molar-refractivity contribution in [3.8, 4) is 0 Å². The molecule has 2 rings (SSSR count). The van der Waals surface area contributed by atoms with Gasteiger partial charge < -0.3 is 16.2 Å². The maximum atomic E-state index is 10.9. The quantitative estimate of drug-likeness (QED) is 0.748. The van der Waals surface area contributed by atoms with Crippen molar-refractivity contribution >= 4 is 34.6 Å². The Labute approximate surface area is 115 Å². The van der Waals surface area contributed by atoms with Crippen LogP contribution >= 0.6 is 11.6 Å². The van der Waals surface area contributed by atoms with Crippen LogP contribution < -0.4 is 11.1 Å². The van der Waals surface area contributed by atoms with Crippen LogP contribution in [0.25, 0.3) is 0 Å². The molecule has 4 nitrogen and oxygen atoms in total. The minimum atomic E-state index is -0.990. The van der Waals surface area contributed by atoms with Crippen LogP contribution in [-0.4, -0.2) is 11.1 Å². The molecule has 0 aromatic heterocycles. The highest BCUT2D eigenvalue weighted by molar-refractivity contribution is 6.30. The van der Waals surface area contributed by atoms with E-state index in [2.05, 4.69) is 5.32 Å². The number of carboxylic acid groups (broad SMARTS) is 1. The van der Waals surface area contributed by atoms with E-state index >= 15 is 0 Å². The van der Waals surface area contributed by atoms with E-state index in [0.29, 0.717) is 16.4 Å². The number of benzene rings is 2. The summed E-state index contributed by atoms with van der Waals surface area (Å²) in [6.07, 6.45) is 0. The van der Waals surface area contributed by atoms with Gasteiger partial charge >= 0.3 is 5.97 Å². The number of aromatic carboxylic acids is 1. The molecule has 0 saturated heterocycles. The summed E-state index contributed by atoms with van der Waals surface area (Å²) < 4.78 is 0. The van der Waals surface area contributed by atoms with E-state index < -0.39 is 5.97 Å². The lowest BCUT2D eigenvalue weighted by Gasteiger charge is -2.12. The molecule has 0 bridgehead atoms. The topological polar surface area (TPSA) is 75.3 Å². The van der Waals surface area contributed by atoms with Gasteiger partial charge in [-0.2, -0.15) is 0 Å². The maximum Gasteiger partial charge on any atom is 0.335 e. The second kappa shape index (κ2) is 5.20. The zero-order valence-electron chi connectivity index (χ0n) is 10.3. The number of halogens is 1. The molecule has 0 heterocycles. The molecule has 5 heteroatoms. The maximum absolute atomic E-state index is 10.9. The van der Waals surface area contributed by atoms with E-state index in [4.69, 9.17) is 22.4 Å². The second-order valence-corrected chi connectivity index (χ2v) is 4.63. The van der Waals surface area contributed by atoms with Gasteiger partial charge in [-0.05, 0) is 48.9 Å². The summed E-state index contributed by atoms with van der Waals surface area (Å²) in [5.74, 6) is -0.990. The lowest BCUT2D eigenvalue weighted by atomic mass is 10.1. The predicted octanol–water partition coefficient (Wildman–Crippen LogP) is 3.67. The van der Waals surface area contributed by atoms with E-state index in [-0.39, 0.29) is 5.56 Å². The fourth-order valence-electron chi connectivity index (χ4n) is 1.71. The number of aryl methyl sites for hydroxylation is 1. The fourth-order valence-corrected chi connectivity index (χ4v) is 1.94. The van der Waals surface area contributed by atoms with Crippen LogP contribution in [0.5, 0.6) is 0 Å². The monoisotopic (exact) mass is 276 g/mol. The van der Waals surface area contributed by atoms with Gasteiger partial charge in [0, 0.05) is 10.7 Å². The van der Waals surface area contributed by atoms with Crippen molar-refractivity contribution in [3.05, 3.63) is 52.5 Å². The second-order valence-electron chi connectivity index (χ2n) is 4.19. The number of rotatable bonds is 3. The number of anilines is 3. The van der Waals surface area contributed by atoms with Crippen LogP contribution in [0.15, 0.2) is 36.4 Å². The molecule has 0 atom stereocenters. The number of nitrogens with two attached hydrogens (primary N) is 1. The summed E-state index contributed by atoms with van der Waals surface area (Å²) in [6.45, 7) is 1.91. The molecule has 2 aromatic rings. The van der Waals surface area contributed by atoms with Crippen LogP contribution in [0.3, 0.4) is 0 Å². The highest BCUT2D eigenvalue weighted by atomic mass is 35.5. The number of nitrogens with one attached hydrogen (secondary N) is 1. The smallest absolute Gasteiger partial charge is 0.335 e. The number of hydrogen-bond donors (Lipinski definition) is 3. The standard InChI is InChI=1S/C14H13ClN2O2/c1-8-6-10(15)3-5-12(8)17-13-7-9(14(18)19)2-4-11(13)16/h2-7,17H,16H2,1H3,(H,18,19). The third kappa shape index (κ3) is 2.98. The van der Waals surface area contributed by atoms with E-state index in [1.54, 1.807) is 12.1 Å². The molecular formula is C14H13ClN2O2. The molecule has 98 valence electrons. The third-order valence-electron chi connectivity index (χ3n) is 2.76. The molecule has 0 spiro atoms. The molecule has 0 aliphatic carbocycles. The van der Waals surface area contributed by atoms with Gasteiger partial charge in [0.1, 0.15) is 0 Å². The Morgan fingerprint density at radius 2 is 1.95 bits per heavy atom. The first-order chi connectivity index (χ1) is 8.97. The molecular weight excluding hydrogens is 264 g/mol. The molecule has 0 fully saturated rings. The summed E-state index contributed by atoms with van der Waals surface area (Å²) in [5, 5.41) is 12.7. The first-order valence-corrected chi connectivity index (χ1v) is 6.01. The van der Waals surface area contributed by atoms with Crippen molar-refractivity contribution in [1.82, 2.24) is 0 Å². The first kappa shape index (κ1) is 13.2. The van der Waals surface area contributed by atoms with Crippen molar-refractivity contribution in [3.63, 3.8) is 0 Å². The first-order valence-electron chi connectivity index (χ1n) is 5.63. The van der Waals surface area contributed by atoms with Crippen molar-refractivity contribution in [1.29, 1.82) is 0 Å². The lowest BCUT2D eigenvalue weighted by Crippen LogP contribution is -2.02. The summed E-state index contributed by atoms with van der Waals surface area (Å²) in [7, 11) is 0. The summed E-state index contributed by atoms with van der Waals surface area (Å²) in [5.41, 5.74) is 8.85. The Morgan fingerprint density at radius 3 is 2.58 bits per heavy atom. The molecule has 2 aromatic carbocycles. The van der Waals surface area contributed by atoms with Gasteiger partial charge in [0.2, 0.25) is 0 Å². The predicted molar refractivity (Wildman–Crippen MR) is 77.3 cm³/mol. The minimum absolute atomic E-state index is 0.184. The highest BCUT2D eigenvalue weighted by Crippen LogP contribution is 2.27. The van der Waals surface area contributed by atoms with E-state index in [9.17, 15) is 4.79 Å². The Balaban J connectivity index is 2.37. The number of carboxylic acids is 1. The van der Waals surface area contributed by atoms with Crippen LogP contribution in [0.4, 0.5) is 17.1 Å². The summed E-state index contributed by atoms with van der Waals surface area (Å²) in [4.78, 5) is 10.9. The van der Waals surface area contributed by atoms with Gasteiger partial charge in [0.25, 0.3) is 0 Å². The van der Waals surface area contributed by atoms with Crippen molar-refractivity contribution in [2.24, 2.45) is 0 Å². The third-order valence-corrected chi connectivity index (χ3v) is 2.99. The molecule has 4 N–H and O–H groups in total. The van der Waals surface area contributed by atoms with Crippen molar-refractivity contribution < 1.29 is 9.90 Å². The molecule has 0 amide bonds. The van der Waals surface area contributed by atoms with Crippen LogP contribution in [0.2, 0.25) is 5.02 Å².